The van der Waals surface area contributed by atoms with E-state index in [0.29, 0.717) is 36.8 Å². The number of aryl methyl sites for hydroxylation is 2. The van der Waals surface area contributed by atoms with E-state index in [-0.39, 0.29) is 17.5 Å². The van der Waals surface area contributed by atoms with Crippen LogP contribution >= 0.6 is 11.3 Å². The molecule has 1 atom stereocenters. The Hall–Kier alpha value is -1.43. The Labute approximate surface area is 176 Å². The van der Waals surface area contributed by atoms with Gasteiger partial charge in [-0.25, -0.2) is 16.8 Å². The van der Waals surface area contributed by atoms with Crippen molar-refractivity contribution < 1.29 is 16.8 Å². The first kappa shape index (κ1) is 20.8. The molecule has 2 aromatic heterocycles. The SMILES string of the molecule is Cc1ccc(S(=O)(=O)N2CCN(c3c(C)nn(C4CCS(=O)(=O)C4)c3C)CC2)s1. The van der Waals surface area contributed by atoms with Crippen molar-refractivity contribution in [3.05, 3.63) is 28.4 Å². The van der Waals surface area contributed by atoms with Gasteiger partial charge in [0.15, 0.2) is 9.84 Å². The normalized spacial score (nSPS) is 23.0. The highest BCUT2D eigenvalue weighted by Crippen LogP contribution is 2.32. The number of sulfonamides is 1. The highest BCUT2D eigenvalue weighted by atomic mass is 32.2. The number of sulfone groups is 1. The minimum atomic E-state index is -3.45. The van der Waals surface area contributed by atoms with Crippen molar-refractivity contribution in [2.24, 2.45) is 0 Å². The monoisotopic (exact) mass is 458 g/mol. The van der Waals surface area contributed by atoms with E-state index in [9.17, 15) is 16.8 Å². The third-order valence-corrected chi connectivity index (χ3v) is 10.8. The van der Waals surface area contributed by atoms with Crippen LogP contribution in [0.5, 0.6) is 0 Å². The molecule has 8 nitrogen and oxygen atoms in total. The molecule has 160 valence electrons. The minimum absolute atomic E-state index is 0.115. The minimum Gasteiger partial charge on any atom is -0.366 e. The molecule has 2 aliphatic rings. The molecule has 0 spiro atoms. The van der Waals surface area contributed by atoms with E-state index in [0.717, 1.165) is 22.0 Å². The molecule has 0 bridgehead atoms. The van der Waals surface area contributed by atoms with Gasteiger partial charge < -0.3 is 4.90 Å². The zero-order valence-corrected chi connectivity index (χ0v) is 19.3. The lowest BCUT2D eigenvalue weighted by Crippen LogP contribution is -2.48. The van der Waals surface area contributed by atoms with Gasteiger partial charge in [-0.05, 0) is 39.3 Å². The third-order valence-electron chi connectivity index (χ3n) is 5.71. The Morgan fingerprint density at radius 1 is 1.10 bits per heavy atom. The Bertz CT molecular complexity index is 1130. The lowest BCUT2D eigenvalue weighted by Gasteiger charge is -2.35. The lowest BCUT2D eigenvalue weighted by atomic mass is 10.2. The molecule has 4 rings (SSSR count). The van der Waals surface area contributed by atoms with Crippen LogP contribution in [-0.2, 0) is 19.9 Å². The fourth-order valence-electron chi connectivity index (χ4n) is 4.27. The molecule has 1 unspecified atom stereocenters. The molecule has 2 aromatic rings. The largest absolute Gasteiger partial charge is 0.366 e. The molecule has 0 amide bonds. The number of hydrogen-bond donors (Lipinski definition) is 0. The predicted molar refractivity (Wildman–Crippen MR) is 114 cm³/mol. The van der Waals surface area contributed by atoms with Crippen LogP contribution in [0, 0.1) is 20.8 Å². The molecule has 0 radical (unpaired) electrons. The van der Waals surface area contributed by atoms with Gasteiger partial charge in [0, 0.05) is 31.1 Å². The maximum absolute atomic E-state index is 12.9. The lowest BCUT2D eigenvalue weighted by molar-refractivity contribution is 0.385. The molecule has 0 aliphatic carbocycles. The quantitative estimate of drug-likeness (QED) is 0.693. The number of anilines is 1. The van der Waals surface area contributed by atoms with Gasteiger partial charge in [-0.3, -0.25) is 4.68 Å². The van der Waals surface area contributed by atoms with Crippen molar-refractivity contribution in [2.75, 3.05) is 42.6 Å². The molecule has 11 heteroatoms. The van der Waals surface area contributed by atoms with Crippen molar-refractivity contribution in [1.82, 2.24) is 14.1 Å². The van der Waals surface area contributed by atoms with Gasteiger partial charge in [0.25, 0.3) is 10.0 Å². The average molecular weight is 459 g/mol. The van der Waals surface area contributed by atoms with Crippen LogP contribution in [0.2, 0.25) is 0 Å². The molecule has 0 aromatic carbocycles. The van der Waals surface area contributed by atoms with Crippen LogP contribution in [0.4, 0.5) is 5.69 Å². The summed E-state index contributed by atoms with van der Waals surface area (Å²) >= 11 is 1.30. The van der Waals surface area contributed by atoms with Gasteiger partial charge in [-0.1, -0.05) is 0 Å². The second-order valence-corrected chi connectivity index (χ2v) is 13.5. The summed E-state index contributed by atoms with van der Waals surface area (Å²) in [5, 5.41) is 4.63. The second-order valence-electron chi connectivity index (χ2n) is 7.78. The fraction of sp³-hybridized carbons (Fsp3) is 0.611. The average Bonchev–Trinajstić information content (AvgIpc) is 3.33. The Kier molecular flexibility index (Phi) is 5.29. The van der Waals surface area contributed by atoms with Crippen molar-refractivity contribution in [2.45, 2.75) is 37.4 Å². The zero-order chi connectivity index (χ0) is 21.0. The third kappa shape index (κ3) is 3.85. The number of hydrogen-bond acceptors (Lipinski definition) is 7. The summed E-state index contributed by atoms with van der Waals surface area (Å²) in [6.07, 6.45) is 0.593. The summed E-state index contributed by atoms with van der Waals surface area (Å²) < 4.78 is 53.2. The Morgan fingerprint density at radius 2 is 1.79 bits per heavy atom. The molecule has 0 saturated carbocycles. The first-order chi connectivity index (χ1) is 13.6. The van der Waals surface area contributed by atoms with Crippen molar-refractivity contribution in [3.63, 3.8) is 0 Å². The highest BCUT2D eigenvalue weighted by Gasteiger charge is 2.34. The molecule has 2 fully saturated rings. The van der Waals surface area contributed by atoms with E-state index in [4.69, 9.17) is 0 Å². The van der Waals surface area contributed by atoms with Gasteiger partial charge in [0.2, 0.25) is 0 Å². The maximum atomic E-state index is 12.9. The van der Waals surface area contributed by atoms with Crippen LogP contribution in [0.25, 0.3) is 0 Å². The topological polar surface area (TPSA) is 92.6 Å². The standard InChI is InChI=1S/C18H26N4O4S3/c1-13-4-5-17(27-13)29(25,26)21-9-7-20(8-10-21)18-14(2)19-22(15(18)3)16-6-11-28(23,24)12-16/h4-5,16H,6-12H2,1-3H3. The van der Waals surface area contributed by atoms with Gasteiger partial charge in [-0.2, -0.15) is 9.40 Å². The van der Waals surface area contributed by atoms with E-state index < -0.39 is 19.9 Å². The van der Waals surface area contributed by atoms with E-state index in [1.54, 1.807) is 10.4 Å². The fourth-order valence-corrected chi connectivity index (χ4v) is 8.82. The molecule has 29 heavy (non-hydrogen) atoms. The number of rotatable bonds is 4. The highest BCUT2D eigenvalue weighted by molar-refractivity contribution is 7.91. The van der Waals surface area contributed by atoms with E-state index in [1.807, 2.05) is 31.5 Å². The number of thiophene rings is 1. The molecule has 4 heterocycles. The Balaban J connectivity index is 1.51. The molecule has 2 saturated heterocycles. The molecular weight excluding hydrogens is 432 g/mol. The van der Waals surface area contributed by atoms with Crippen molar-refractivity contribution in [1.29, 1.82) is 0 Å². The van der Waals surface area contributed by atoms with Gasteiger partial charge in [-0.15, -0.1) is 11.3 Å². The van der Waals surface area contributed by atoms with Gasteiger partial charge >= 0.3 is 0 Å². The van der Waals surface area contributed by atoms with Crippen LogP contribution in [0.1, 0.15) is 28.7 Å². The smallest absolute Gasteiger partial charge is 0.252 e. The van der Waals surface area contributed by atoms with E-state index in [2.05, 4.69) is 10.00 Å². The summed E-state index contributed by atoms with van der Waals surface area (Å²) in [6, 6.07) is 3.39. The van der Waals surface area contributed by atoms with Crippen LogP contribution in [0.3, 0.4) is 0 Å². The molecule has 0 N–H and O–H groups in total. The van der Waals surface area contributed by atoms with Crippen LogP contribution in [-0.4, -0.2) is 68.6 Å². The summed E-state index contributed by atoms with van der Waals surface area (Å²) in [4.78, 5) is 3.15. The van der Waals surface area contributed by atoms with Crippen molar-refractivity contribution in [3.8, 4) is 0 Å². The second kappa shape index (κ2) is 7.36. The van der Waals surface area contributed by atoms with E-state index >= 15 is 0 Å². The Morgan fingerprint density at radius 3 is 2.34 bits per heavy atom. The summed E-state index contributed by atoms with van der Waals surface area (Å²) in [5.41, 5.74) is 2.81. The summed E-state index contributed by atoms with van der Waals surface area (Å²) in [5.74, 6) is 0.352. The maximum Gasteiger partial charge on any atom is 0.252 e. The summed E-state index contributed by atoms with van der Waals surface area (Å²) in [7, 11) is -6.43. The van der Waals surface area contributed by atoms with Crippen molar-refractivity contribution >= 4 is 36.9 Å². The number of aromatic nitrogens is 2. The van der Waals surface area contributed by atoms with E-state index in [1.165, 1.54) is 11.3 Å². The zero-order valence-electron chi connectivity index (χ0n) is 16.8. The number of piperazine rings is 1. The van der Waals surface area contributed by atoms with Gasteiger partial charge in [0.05, 0.1) is 34.6 Å². The van der Waals surface area contributed by atoms with Crippen LogP contribution < -0.4 is 4.90 Å². The first-order valence-electron chi connectivity index (χ1n) is 9.66. The van der Waals surface area contributed by atoms with Gasteiger partial charge in [0.1, 0.15) is 4.21 Å². The first-order valence-corrected chi connectivity index (χ1v) is 13.7. The summed E-state index contributed by atoms with van der Waals surface area (Å²) in [6.45, 7) is 7.81. The van der Waals surface area contributed by atoms with Crippen LogP contribution in [0.15, 0.2) is 16.3 Å². The number of nitrogens with zero attached hydrogens (tertiary/aromatic N) is 4. The molecular formula is C18H26N4O4S3. The predicted octanol–water partition coefficient (Wildman–Crippen LogP) is 1.74. The molecule has 2 aliphatic heterocycles.